The van der Waals surface area contributed by atoms with Crippen LogP contribution in [0.5, 0.6) is 5.75 Å². The standard InChI is InChI=1S/C18H17F3N4O3S/c1-12-22-23-17(25(12)2)16(13-6-4-3-5-7-13)24-29(26,27)15-10-8-14(9-11-15)28-18(19,20)21/h3-11,16,24H,1-2H3/t16-/m0/s1. The summed E-state index contributed by atoms with van der Waals surface area (Å²) in [6.45, 7) is 1.73. The SMILES string of the molecule is Cc1nnc([C@@H](NS(=O)(=O)c2ccc(OC(F)(F)F)cc2)c2ccccc2)n1C. The molecule has 3 aromatic rings. The van der Waals surface area contributed by atoms with Crippen LogP contribution < -0.4 is 9.46 Å². The Morgan fingerprint density at radius 1 is 1.03 bits per heavy atom. The van der Waals surface area contributed by atoms with Gasteiger partial charge in [-0.25, -0.2) is 8.42 Å². The zero-order valence-electron chi connectivity index (χ0n) is 15.4. The number of sulfonamides is 1. The molecule has 11 heteroatoms. The van der Waals surface area contributed by atoms with Gasteiger partial charge in [-0.05, 0) is 36.8 Å². The number of aromatic nitrogens is 3. The molecule has 29 heavy (non-hydrogen) atoms. The number of benzene rings is 2. The summed E-state index contributed by atoms with van der Waals surface area (Å²) in [6, 6.07) is 11.9. The number of hydrogen-bond acceptors (Lipinski definition) is 5. The molecule has 2 aromatic carbocycles. The van der Waals surface area contributed by atoms with Crippen LogP contribution in [0.4, 0.5) is 13.2 Å². The Bertz CT molecular complexity index is 1080. The first-order valence-corrected chi connectivity index (χ1v) is 9.84. The Balaban J connectivity index is 1.93. The number of aryl methyl sites for hydroxylation is 1. The Labute approximate surface area is 165 Å². The lowest BCUT2D eigenvalue weighted by molar-refractivity contribution is -0.274. The second-order valence-electron chi connectivity index (χ2n) is 6.15. The number of rotatable bonds is 6. The summed E-state index contributed by atoms with van der Waals surface area (Å²) in [4.78, 5) is -0.216. The average Bonchev–Trinajstić information content (AvgIpc) is 2.98. The van der Waals surface area contributed by atoms with Gasteiger partial charge in [0.1, 0.15) is 17.6 Å². The van der Waals surface area contributed by atoms with Crippen molar-refractivity contribution in [1.82, 2.24) is 19.5 Å². The maximum Gasteiger partial charge on any atom is 0.573 e. The van der Waals surface area contributed by atoms with Gasteiger partial charge in [0.05, 0.1) is 4.90 Å². The predicted octanol–water partition coefficient (Wildman–Crippen LogP) is 3.09. The van der Waals surface area contributed by atoms with Gasteiger partial charge >= 0.3 is 6.36 Å². The molecule has 0 amide bonds. The highest BCUT2D eigenvalue weighted by Gasteiger charge is 2.31. The summed E-state index contributed by atoms with van der Waals surface area (Å²) < 4.78 is 70.6. The highest BCUT2D eigenvalue weighted by atomic mass is 32.2. The molecule has 0 unspecified atom stereocenters. The van der Waals surface area contributed by atoms with Crippen molar-refractivity contribution in [2.24, 2.45) is 7.05 Å². The van der Waals surface area contributed by atoms with Gasteiger partial charge in [0.2, 0.25) is 10.0 Å². The van der Waals surface area contributed by atoms with E-state index in [1.54, 1.807) is 48.9 Å². The topological polar surface area (TPSA) is 86.1 Å². The molecule has 1 N–H and O–H groups in total. The van der Waals surface area contributed by atoms with Gasteiger partial charge in [0.25, 0.3) is 0 Å². The summed E-state index contributed by atoms with van der Waals surface area (Å²) in [6.07, 6.45) is -4.86. The molecule has 0 bridgehead atoms. The quantitative estimate of drug-likeness (QED) is 0.655. The fraction of sp³-hybridized carbons (Fsp3) is 0.222. The van der Waals surface area contributed by atoms with E-state index in [-0.39, 0.29) is 4.90 Å². The second kappa shape index (κ2) is 7.84. The van der Waals surface area contributed by atoms with Crippen LogP contribution in [0.15, 0.2) is 59.5 Å². The van der Waals surface area contributed by atoms with Crippen LogP contribution in [0.3, 0.4) is 0 Å². The lowest BCUT2D eigenvalue weighted by Gasteiger charge is -2.19. The molecule has 1 heterocycles. The van der Waals surface area contributed by atoms with Gasteiger partial charge in [-0.1, -0.05) is 30.3 Å². The van der Waals surface area contributed by atoms with Crippen molar-refractivity contribution in [3.05, 3.63) is 71.8 Å². The van der Waals surface area contributed by atoms with Crippen molar-refractivity contribution >= 4 is 10.0 Å². The summed E-state index contributed by atoms with van der Waals surface area (Å²) >= 11 is 0. The molecule has 0 saturated carbocycles. The van der Waals surface area contributed by atoms with Gasteiger partial charge in [0.15, 0.2) is 5.82 Å². The molecule has 1 atom stereocenters. The first kappa shape index (κ1) is 20.8. The highest BCUT2D eigenvalue weighted by molar-refractivity contribution is 7.89. The van der Waals surface area contributed by atoms with Gasteiger partial charge in [-0.15, -0.1) is 23.4 Å². The summed E-state index contributed by atoms with van der Waals surface area (Å²) in [5.74, 6) is 0.447. The zero-order chi connectivity index (χ0) is 21.2. The van der Waals surface area contributed by atoms with E-state index < -0.39 is 28.2 Å². The smallest absolute Gasteiger partial charge is 0.406 e. The molecule has 7 nitrogen and oxygen atoms in total. The molecule has 0 aliphatic carbocycles. The van der Waals surface area contributed by atoms with Crippen molar-refractivity contribution in [2.45, 2.75) is 24.2 Å². The third-order valence-corrected chi connectivity index (χ3v) is 5.60. The van der Waals surface area contributed by atoms with E-state index in [9.17, 15) is 21.6 Å². The second-order valence-corrected chi connectivity index (χ2v) is 7.86. The van der Waals surface area contributed by atoms with Crippen LogP contribution in [0.2, 0.25) is 0 Å². The van der Waals surface area contributed by atoms with Gasteiger partial charge in [-0.2, -0.15) is 4.72 Å². The first-order valence-electron chi connectivity index (χ1n) is 8.36. The fourth-order valence-electron chi connectivity index (χ4n) is 2.63. The lowest BCUT2D eigenvalue weighted by Crippen LogP contribution is -2.31. The number of nitrogens with zero attached hydrogens (tertiary/aromatic N) is 3. The number of hydrogen-bond donors (Lipinski definition) is 1. The molecule has 0 fully saturated rings. The maximum atomic E-state index is 12.9. The molecular weight excluding hydrogens is 409 g/mol. The predicted molar refractivity (Wildman–Crippen MR) is 97.5 cm³/mol. The van der Waals surface area contributed by atoms with Crippen LogP contribution in [-0.2, 0) is 17.1 Å². The number of ether oxygens (including phenoxy) is 1. The Morgan fingerprint density at radius 2 is 1.66 bits per heavy atom. The molecule has 0 radical (unpaired) electrons. The minimum Gasteiger partial charge on any atom is -0.406 e. The van der Waals surface area contributed by atoms with E-state index >= 15 is 0 Å². The van der Waals surface area contributed by atoms with Crippen molar-refractivity contribution in [3.63, 3.8) is 0 Å². The van der Waals surface area contributed by atoms with Crippen LogP contribution in [0.25, 0.3) is 0 Å². The molecule has 154 valence electrons. The van der Waals surface area contributed by atoms with E-state index in [0.29, 0.717) is 17.2 Å². The van der Waals surface area contributed by atoms with Gasteiger partial charge in [-0.3, -0.25) is 0 Å². The first-order chi connectivity index (χ1) is 13.6. The monoisotopic (exact) mass is 426 g/mol. The highest BCUT2D eigenvalue weighted by Crippen LogP contribution is 2.26. The molecular formula is C18H17F3N4O3S. The number of alkyl halides is 3. The molecule has 3 rings (SSSR count). The van der Waals surface area contributed by atoms with Crippen LogP contribution in [0.1, 0.15) is 23.3 Å². The van der Waals surface area contributed by atoms with Gasteiger partial charge < -0.3 is 9.30 Å². The minimum atomic E-state index is -4.86. The third-order valence-electron chi connectivity index (χ3n) is 4.16. The van der Waals surface area contributed by atoms with E-state index in [0.717, 1.165) is 24.3 Å². The molecule has 1 aromatic heterocycles. The zero-order valence-corrected chi connectivity index (χ0v) is 16.2. The molecule has 0 aliphatic heterocycles. The van der Waals surface area contributed by atoms with E-state index in [1.807, 2.05) is 0 Å². The lowest BCUT2D eigenvalue weighted by atomic mass is 10.1. The Morgan fingerprint density at radius 3 is 2.17 bits per heavy atom. The van der Waals surface area contributed by atoms with Crippen molar-refractivity contribution in [3.8, 4) is 5.75 Å². The third kappa shape index (κ3) is 4.93. The molecule has 0 spiro atoms. The van der Waals surface area contributed by atoms with Crippen LogP contribution in [-0.4, -0.2) is 29.5 Å². The number of halogens is 3. The van der Waals surface area contributed by atoms with Crippen molar-refractivity contribution in [1.29, 1.82) is 0 Å². The summed E-state index contributed by atoms with van der Waals surface area (Å²) in [7, 11) is -2.39. The maximum absolute atomic E-state index is 12.9. The van der Waals surface area contributed by atoms with E-state index in [1.165, 1.54) is 0 Å². The minimum absolute atomic E-state index is 0.216. The van der Waals surface area contributed by atoms with E-state index in [2.05, 4.69) is 19.7 Å². The molecule has 0 aliphatic rings. The van der Waals surface area contributed by atoms with Crippen molar-refractivity contribution < 1.29 is 26.3 Å². The average molecular weight is 426 g/mol. The number of nitrogens with one attached hydrogen (secondary N) is 1. The summed E-state index contributed by atoms with van der Waals surface area (Å²) in [5.41, 5.74) is 0.628. The Hall–Kier alpha value is -2.92. The normalized spacial score (nSPS) is 13.3. The van der Waals surface area contributed by atoms with Crippen LogP contribution >= 0.6 is 0 Å². The largest absolute Gasteiger partial charge is 0.573 e. The fourth-order valence-corrected chi connectivity index (χ4v) is 3.82. The van der Waals surface area contributed by atoms with Crippen molar-refractivity contribution in [2.75, 3.05) is 0 Å². The Kier molecular flexibility index (Phi) is 5.62. The van der Waals surface area contributed by atoms with Crippen LogP contribution in [0, 0.1) is 6.92 Å². The molecule has 0 saturated heterocycles. The van der Waals surface area contributed by atoms with Gasteiger partial charge in [0, 0.05) is 7.05 Å². The van der Waals surface area contributed by atoms with E-state index in [4.69, 9.17) is 0 Å². The summed E-state index contributed by atoms with van der Waals surface area (Å²) in [5, 5.41) is 8.03.